The van der Waals surface area contributed by atoms with Crippen LogP contribution in [0.15, 0.2) is 36.4 Å². The van der Waals surface area contributed by atoms with E-state index in [-0.39, 0.29) is 11.3 Å². The van der Waals surface area contributed by atoms with Gasteiger partial charge in [0.2, 0.25) is 5.91 Å². The molecule has 2 aliphatic heterocycles. The van der Waals surface area contributed by atoms with E-state index in [1.165, 1.54) is 56.6 Å². The number of nitrogens with zero attached hydrogens (tertiary/aromatic N) is 2. The van der Waals surface area contributed by atoms with Crippen molar-refractivity contribution in [2.45, 2.75) is 38.0 Å². The number of likely N-dealkylation sites (tertiary alicyclic amines) is 1. The van der Waals surface area contributed by atoms with Crippen molar-refractivity contribution in [1.29, 1.82) is 0 Å². The second-order valence-electron chi connectivity index (χ2n) is 8.89. The maximum absolute atomic E-state index is 11.6. The number of benzene rings is 1. The van der Waals surface area contributed by atoms with E-state index in [0.717, 1.165) is 24.3 Å². The Bertz CT molecular complexity index is 735. The fraction of sp³-hybridized carbons (Fsp3) is 0.591. The second kappa shape index (κ2) is 6.12. The Balaban J connectivity index is 1.28. The van der Waals surface area contributed by atoms with E-state index in [0.29, 0.717) is 0 Å². The first-order valence-corrected chi connectivity index (χ1v) is 10.2. The van der Waals surface area contributed by atoms with Gasteiger partial charge in [-0.25, -0.2) is 0 Å². The van der Waals surface area contributed by atoms with Gasteiger partial charge in [0.25, 0.3) is 0 Å². The summed E-state index contributed by atoms with van der Waals surface area (Å²) in [6.45, 7) is 6.15. The summed E-state index contributed by atoms with van der Waals surface area (Å²) >= 11 is 0. The van der Waals surface area contributed by atoms with E-state index >= 15 is 0 Å². The molecule has 3 atom stereocenters. The number of fused-ring (bicyclic) bond motifs is 4. The average molecular weight is 351 g/mol. The Hall–Kier alpha value is -1.81. The van der Waals surface area contributed by atoms with Crippen LogP contribution < -0.4 is 10.4 Å². The molecule has 4 aliphatic rings. The zero-order valence-electron chi connectivity index (χ0n) is 15.7. The van der Waals surface area contributed by atoms with Crippen LogP contribution in [0.5, 0.6) is 0 Å². The van der Waals surface area contributed by atoms with Gasteiger partial charge >= 0.3 is 0 Å². The third-order valence-corrected chi connectivity index (χ3v) is 7.24. The number of carbonyl (C=O) groups is 1. The third-order valence-electron chi connectivity index (χ3n) is 7.24. The number of nitrogens with one attached hydrogen (secondary N) is 1. The zero-order chi connectivity index (χ0) is 17.7. The fourth-order valence-corrected chi connectivity index (χ4v) is 5.95. The highest BCUT2D eigenvalue weighted by Crippen LogP contribution is 2.47. The summed E-state index contributed by atoms with van der Waals surface area (Å²) in [5, 5.41) is 2.08. The van der Waals surface area contributed by atoms with E-state index in [9.17, 15) is 4.79 Å². The van der Waals surface area contributed by atoms with Crippen molar-refractivity contribution in [3.63, 3.8) is 0 Å². The molecular weight excluding hydrogens is 322 g/mol. The number of amides is 1. The van der Waals surface area contributed by atoms with Gasteiger partial charge in [0.05, 0.1) is 5.69 Å². The number of piperidine rings is 1. The molecule has 4 nitrogen and oxygen atoms in total. The molecule has 2 fully saturated rings. The fourth-order valence-electron chi connectivity index (χ4n) is 5.95. The summed E-state index contributed by atoms with van der Waals surface area (Å²) in [7, 11) is 0. The molecule has 26 heavy (non-hydrogen) atoms. The van der Waals surface area contributed by atoms with E-state index in [1.807, 2.05) is 0 Å². The number of allylic oxidation sites excluding steroid dienone is 2. The molecule has 1 aromatic carbocycles. The predicted octanol–water partition coefficient (Wildman–Crippen LogP) is 3.10. The molecule has 1 spiro atoms. The van der Waals surface area contributed by atoms with Gasteiger partial charge in [-0.05, 0) is 68.2 Å². The third kappa shape index (κ3) is 2.66. The number of rotatable bonds is 3. The number of para-hydroxylation sites is 1. The molecule has 4 heteroatoms. The molecule has 0 unspecified atom stereocenters. The molecule has 1 amide bonds. The first-order chi connectivity index (χ1) is 12.6. The van der Waals surface area contributed by atoms with E-state index in [2.05, 4.69) is 51.8 Å². The molecule has 0 aromatic heterocycles. The highest BCUT2D eigenvalue weighted by atomic mass is 16.2. The van der Waals surface area contributed by atoms with Gasteiger partial charge in [0.15, 0.2) is 0 Å². The van der Waals surface area contributed by atoms with Crippen LogP contribution in [0.25, 0.3) is 0 Å². The maximum Gasteiger partial charge on any atom is 0.235 e. The highest BCUT2D eigenvalue weighted by molar-refractivity contribution is 5.77. The summed E-state index contributed by atoms with van der Waals surface area (Å²) in [4.78, 5) is 14.3. The van der Waals surface area contributed by atoms with Crippen LogP contribution in [0.3, 0.4) is 0 Å². The predicted molar refractivity (Wildman–Crippen MR) is 104 cm³/mol. The minimum absolute atomic E-state index is 0.0126. The summed E-state index contributed by atoms with van der Waals surface area (Å²) < 4.78 is 0. The lowest BCUT2D eigenvalue weighted by molar-refractivity contribution is -0.119. The largest absolute Gasteiger partial charge is 0.303 e. The summed E-state index contributed by atoms with van der Waals surface area (Å²) in [5.74, 6) is 2.61. The smallest absolute Gasteiger partial charge is 0.235 e. The number of carbonyl (C=O) groups excluding carboxylic acids is 1. The molecule has 2 aliphatic carbocycles. The molecule has 1 N–H and O–H groups in total. The quantitative estimate of drug-likeness (QED) is 0.850. The molecule has 138 valence electrons. The summed E-state index contributed by atoms with van der Waals surface area (Å²) in [6, 6.07) is 8.64. The minimum Gasteiger partial charge on any atom is -0.303 e. The van der Waals surface area contributed by atoms with Crippen molar-refractivity contribution in [3.8, 4) is 0 Å². The lowest BCUT2D eigenvalue weighted by Crippen LogP contribution is -2.49. The van der Waals surface area contributed by atoms with Crippen molar-refractivity contribution in [3.05, 3.63) is 42.0 Å². The standard InChI is InChI=1S/C22H29N3O/c1-16(26)23-25-15-22(20-4-2-3-5-21(20)25)8-10-24(11-9-22)14-19-13-17-6-7-18(19)12-17/h2-7,17-19H,8-15H2,1H3,(H,23,26)/t17-,18-,19+/m0/s1. The molecule has 5 rings (SSSR count). The van der Waals surface area contributed by atoms with E-state index in [1.54, 1.807) is 6.92 Å². The van der Waals surface area contributed by atoms with Crippen molar-refractivity contribution < 1.29 is 4.79 Å². The molecule has 1 saturated carbocycles. The van der Waals surface area contributed by atoms with Crippen molar-refractivity contribution in [1.82, 2.24) is 10.3 Å². The van der Waals surface area contributed by atoms with Crippen LogP contribution in [-0.2, 0) is 10.2 Å². The van der Waals surface area contributed by atoms with Gasteiger partial charge in [-0.3, -0.25) is 15.2 Å². The maximum atomic E-state index is 11.6. The summed E-state index contributed by atoms with van der Waals surface area (Å²) in [5.41, 5.74) is 5.85. The van der Waals surface area contributed by atoms with Gasteiger partial charge in [0.1, 0.15) is 0 Å². The molecular formula is C22H29N3O. The van der Waals surface area contributed by atoms with Gasteiger partial charge in [-0.1, -0.05) is 30.4 Å². The number of hydrogen-bond donors (Lipinski definition) is 1. The molecule has 1 saturated heterocycles. The van der Waals surface area contributed by atoms with Crippen LogP contribution in [0, 0.1) is 17.8 Å². The Morgan fingerprint density at radius 3 is 2.69 bits per heavy atom. The van der Waals surface area contributed by atoms with Crippen molar-refractivity contribution in [2.24, 2.45) is 17.8 Å². The Morgan fingerprint density at radius 1 is 1.19 bits per heavy atom. The van der Waals surface area contributed by atoms with E-state index in [4.69, 9.17) is 0 Å². The first-order valence-electron chi connectivity index (χ1n) is 10.2. The Morgan fingerprint density at radius 2 is 2.00 bits per heavy atom. The average Bonchev–Trinajstić information content (AvgIpc) is 3.32. The Kier molecular flexibility index (Phi) is 3.85. The number of anilines is 1. The zero-order valence-corrected chi connectivity index (χ0v) is 15.7. The molecule has 2 heterocycles. The van der Waals surface area contributed by atoms with Gasteiger partial charge in [0, 0.05) is 25.4 Å². The van der Waals surface area contributed by atoms with E-state index < -0.39 is 0 Å². The van der Waals surface area contributed by atoms with Crippen LogP contribution >= 0.6 is 0 Å². The number of hydrogen-bond acceptors (Lipinski definition) is 3. The van der Waals surface area contributed by atoms with Gasteiger partial charge in [-0.15, -0.1) is 0 Å². The lowest BCUT2D eigenvalue weighted by atomic mass is 9.74. The van der Waals surface area contributed by atoms with Crippen molar-refractivity contribution >= 4 is 11.6 Å². The van der Waals surface area contributed by atoms with Gasteiger partial charge < -0.3 is 4.90 Å². The SMILES string of the molecule is CC(=O)NN1CC2(CCN(C[C@H]3C[C@H]4C=C[C@H]3C4)CC2)c2ccccc21. The normalized spacial score (nSPS) is 31.6. The van der Waals surface area contributed by atoms with Crippen LogP contribution in [0.2, 0.25) is 0 Å². The topological polar surface area (TPSA) is 35.6 Å². The molecule has 0 radical (unpaired) electrons. The van der Waals surface area contributed by atoms with Crippen LogP contribution in [0.4, 0.5) is 5.69 Å². The lowest BCUT2D eigenvalue weighted by Gasteiger charge is -2.41. The highest BCUT2D eigenvalue weighted by Gasteiger charge is 2.45. The first kappa shape index (κ1) is 16.4. The molecule has 2 bridgehead atoms. The second-order valence-corrected chi connectivity index (χ2v) is 8.89. The van der Waals surface area contributed by atoms with Crippen molar-refractivity contribution in [2.75, 3.05) is 31.2 Å². The monoisotopic (exact) mass is 351 g/mol. The number of hydrazine groups is 1. The summed E-state index contributed by atoms with van der Waals surface area (Å²) in [6.07, 6.45) is 10.1. The Labute approximate surface area is 156 Å². The van der Waals surface area contributed by atoms with Crippen LogP contribution in [0.1, 0.15) is 38.2 Å². The molecule has 1 aromatic rings. The van der Waals surface area contributed by atoms with Crippen LogP contribution in [-0.4, -0.2) is 37.0 Å². The van der Waals surface area contributed by atoms with Gasteiger partial charge in [-0.2, -0.15) is 0 Å². The minimum atomic E-state index is 0.0126.